The molecule has 2 aromatic rings. The number of halogens is 1. The number of rotatable bonds is 5. The second-order valence-corrected chi connectivity index (χ2v) is 7.43. The summed E-state index contributed by atoms with van der Waals surface area (Å²) in [5, 5.41) is 3.03. The van der Waals surface area contributed by atoms with E-state index in [1.165, 1.54) is 11.6 Å². The van der Waals surface area contributed by atoms with Gasteiger partial charge in [-0.15, -0.1) is 0 Å². The minimum atomic E-state index is -0.177. The maximum Gasteiger partial charge on any atom is 0.228 e. The Hall–Kier alpha value is -2.20. The molecule has 0 spiro atoms. The van der Waals surface area contributed by atoms with Crippen LogP contribution in [-0.2, 0) is 11.3 Å². The van der Waals surface area contributed by atoms with E-state index in [2.05, 4.69) is 36.2 Å². The van der Waals surface area contributed by atoms with E-state index in [0.717, 1.165) is 25.1 Å². The number of benzene rings is 2. The third-order valence-electron chi connectivity index (χ3n) is 5.07. The standard InChI is InChI=1S/C22H27FN2O/c1-16(2)17-9-11-20(12-10-17)24-22(26)19-7-5-13-25(15-19)14-18-6-3-4-8-21(18)23/h3-4,6,8-12,16,19H,5,7,13-15H2,1-2H3,(H,24,26). The zero-order valence-electron chi connectivity index (χ0n) is 15.5. The number of nitrogens with one attached hydrogen (secondary N) is 1. The number of anilines is 1. The summed E-state index contributed by atoms with van der Waals surface area (Å²) >= 11 is 0. The first kappa shape index (κ1) is 18.6. The Balaban J connectivity index is 1.58. The predicted molar refractivity (Wildman–Crippen MR) is 104 cm³/mol. The summed E-state index contributed by atoms with van der Waals surface area (Å²) in [6, 6.07) is 14.9. The maximum absolute atomic E-state index is 13.9. The summed E-state index contributed by atoms with van der Waals surface area (Å²) < 4.78 is 13.9. The van der Waals surface area contributed by atoms with Gasteiger partial charge in [0.1, 0.15) is 5.82 Å². The highest BCUT2D eigenvalue weighted by molar-refractivity contribution is 5.92. The quantitative estimate of drug-likeness (QED) is 0.836. The molecule has 1 aliphatic heterocycles. The van der Waals surface area contributed by atoms with Crippen LogP contribution in [0.5, 0.6) is 0 Å². The van der Waals surface area contributed by atoms with Gasteiger partial charge < -0.3 is 5.32 Å². The van der Waals surface area contributed by atoms with Gasteiger partial charge in [-0.2, -0.15) is 0 Å². The molecule has 0 bridgehead atoms. The molecule has 0 radical (unpaired) electrons. The van der Waals surface area contributed by atoms with Crippen molar-refractivity contribution in [3.63, 3.8) is 0 Å². The van der Waals surface area contributed by atoms with E-state index in [4.69, 9.17) is 0 Å². The molecule has 0 aliphatic carbocycles. The highest BCUT2D eigenvalue weighted by Gasteiger charge is 2.26. The number of nitrogens with zero attached hydrogens (tertiary/aromatic N) is 1. The molecular formula is C22H27FN2O. The summed E-state index contributed by atoms with van der Waals surface area (Å²) in [6.07, 6.45) is 1.84. The number of piperidine rings is 1. The van der Waals surface area contributed by atoms with Gasteiger partial charge in [-0.05, 0) is 49.1 Å². The molecular weight excluding hydrogens is 327 g/mol. The highest BCUT2D eigenvalue weighted by atomic mass is 19.1. The Bertz CT molecular complexity index is 742. The Morgan fingerprint density at radius 2 is 1.92 bits per heavy atom. The Morgan fingerprint density at radius 1 is 1.19 bits per heavy atom. The van der Waals surface area contributed by atoms with Gasteiger partial charge in [-0.3, -0.25) is 9.69 Å². The van der Waals surface area contributed by atoms with Crippen molar-refractivity contribution in [1.29, 1.82) is 0 Å². The van der Waals surface area contributed by atoms with Crippen molar-refractivity contribution in [1.82, 2.24) is 4.90 Å². The van der Waals surface area contributed by atoms with Crippen LogP contribution in [-0.4, -0.2) is 23.9 Å². The third kappa shape index (κ3) is 4.70. The summed E-state index contributed by atoms with van der Waals surface area (Å²) in [4.78, 5) is 14.8. The third-order valence-corrected chi connectivity index (χ3v) is 5.07. The van der Waals surface area contributed by atoms with Gasteiger partial charge in [-0.25, -0.2) is 4.39 Å². The lowest BCUT2D eigenvalue weighted by Gasteiger charge is -2.32. The fourth-order valence-corrected chi connectivity index (χ4v) is 3.48. The molecule has 1 N–H and O–H groups in total. The molecule has 0 saturated carbocycles. The van der Waals surface area contributed by atoms with Gasteiger partial charge in [0.05, 0.1) is 5.92 Å². The molecule has 1 amide bonds. The second kappa shape index (κ2) is 8.45. The highest BCUT2D eigenvalue weighted by Crippen LogP contribution is 2.22. The van der Waals surface area contributed by atoms with Crippen LogP contribution in [0.4, 0.5) is 10.1 Å². The van der Waals surface area contributed by atoms with E-state index in [1.54, 1.807) is 6.07 Å². The molecule has 1 atom stereocenters. The summed E-state index contributed by atoms with van der Waals surface area (Å²) in [5.41, 5.74) is 2.79. The van der Waals surface area contributed by atoms with Crippen molar-refractivity contribution in [2.45, 2.75) is 39.2 Å². The number of carbonyl (C=O) groups is 1. The zero-order valence-corrected chi connectivity index (χ0v) is 15.5. The molecule has 0 aromatic heterocycles. The van der Waals surface area contributed by atoms with Crippen molar-refractivity contribution in [2.75, 3.05) is 18.4 Å². The largest absolute Gasteiger partial charge is 0.326 e. The van der Waals surface area contributed by atoms with E-state index < -0.39 is 0 Å². The van der Waals surface area contributed by atoms with Crippen molar-refractivity contribution >= 4 is 11.6 Å². The molecule has 3 rings (SSSR count). The fraction of sp³-hybridized carbons (Fsp3) is 0.409. The predicted octanol–water partition coefficient (Wildman–Crippen LogP) is 4.80. The molecule has 2 aromatic carbocycles. The van der Waals surface area contributed by atoms with Crippen LogP contribution >= 0.6 is 0 Å². The van der Waals surface area contributed by atoms with Gasteiger partial charge in [0.15, 0.2) is 0 Å². The van der Waals surface area contributed by atoms with E-state index >= 15 is 0 Å². The molecule has 1 heterocycles. The minimum absolute atomic E-state index is 0.0553. The van der Waals surface area contributed by atoms with E-state index in [1.807, 2.05) is 24.3 Å². The summed E-state index contributed by atoms with van der Waals surface area (Å²) in [7, 11) is 0. The van der Waals surface area contributed by atoms with Gasteiger partial charge in [0.2, 0.25) is 5.91 Å². The van der Waals surface area contributed by atoms with Crippen LogP contribution in [0.1, 0.15) is 43.7 Å². The average Bonchev–Trinajstić information content (AvgIpc) is 2.64. The molecule has 138 valence electrons. The van der Waals surface area contributed by atoms with E-state index in [9.17, 15) is 9.18 Å². The average molecular weight is 354 g/mol. The summed E-state index contributed by atoms with van der Waals surface area (Å²) in [5.74, 6) is 0.301. The van der Waals surface area contributed by atoms with Crippen LogP contribution in [0.3, 0.4) is 0 Å². The molecule has 1 unspecified atom stereocenters. The van der Waals surface area contributed by atoms with Crippen molar-refractivity contribution in [3.05, 3.63) is 65.5 Å². The summed E-state index contributed by atoms with van der Waals surface area (Å²) in [6.45, 7) is 6.44. The molecule has 1 fully saturated rings. The second-order valence-electron chi connectivity index (χ2n) is 7.43. The van der Waals surface area contributed by atoms with Crippen molar-refractivity contribution in [2.24, 2.45) is 5.92 Å². The number of carbonyl (C=O) groups excluding carboxylic acids is 1. The first-order valence-corrected chi connectivity index (χ1v) is 9.39. The molecule has 1 aliphatic rings. The van der Waals surface area contributed by atoms with Crippen LogP contribution in [0.2, 0.25) is 0 Å². The van der Waals surface area contributed by atoms with E-state index in [0.29, 0.717) is 24.6 Å². The van der Waals surface area contributed by atoms with Gasteiger partial charge in [0, 0.05) is 24.3 Å². The Labute approximate surface area is 155 Å². The number of amides is 1. The van der Waals surface area contributed by atoms with Crippen LogP contribution in [0.25, 0.3) is 0 Å². The molecule has 26 heavy (non-hydrogen) atoms. The lowest BCUT2D eigenvalue weighted by Crippen LogP contribution is -2.40. The fourth-order valence-electron chi connectivity index (χ4n) is 3.48. The number of likely N-dealkylation sites (tertiary alicyclic amines) is 1. The smallest absolute Gasteiger partial charge is 0.228 e. The van der Waals surface area contributed by atoms with Crippen molar-refractivity contribution in [3.8, 4) is 0 Å². The van der Waals surface area contributed by atoms with E-state index in [-0.39, 0.29) is 17.6 Å². The van der Waals surface area contributed by atoms with Crippen LogP contribution < -0.4 is 5.32 Å². The van der Waals surface area contributed by atoms with Crippen LogP contribution in [0, 0.1) is 11.7 Å². The first-order chi connectivity index (χ1) is 12.5. The number of hydrogen-bond donors (Lipinski definition) is 1. The zero-order chi connectivity index (χ0) is 18.5. The topological polar surface area (TPSA) is 32.3 Å². The monoisotopic (exact) mass is 354 g/mol. The lowest BCUT2D eigenvalue weighted by atomic mass is 9.96. The molecule has 4 heteroatoms. The minimum Gasteiger partial charge on any atom is -0.326 e. The van der Waals surface area contributed by atoms with Gasteiger partial charge in [-0.1, -0.05) is 44.2 Å². The van der Waals surface area contributed by atoms with Gasteiger partial charge in [0.25, 0.3) is 0 Å². The normalized spacial score (nSPS) is 18.1. The molecule has 3 nitrogen and oxygen atoms in total. The SMILES string of the molecule is CC(C)c1ccc(NC(=O)C2CCCN(Cc3ccccc3F)C2)cc1. The van der Waals surface area contributed by atoms with Crippen LogP contribution in [0.15, 0.2) is 48.5 Å². The maximum atomic E-state index is 13.9. The first-order valence-electron chi connectivity index (χ1n) is 9.39. The Morgan fingerprint density at radius 3 is 2.62 bits per heavy atom. The van der Waals surface area contributed by atoms with Gasteiger partial charge >= 0.3 is 0 Å². The molecule has 1 saturated heterocycles. The van der Waals surface area contributed by atoms with Crippen molar-refractivity contribution < 1.29 is 9.18 Å². The lowest BCUT2D eigenvalue weighted by molar-refractivity contribution is -0.121. The Kier molecular flexibility index (Phi) is 6.04. The number of hydrogen-bond acceptors (Lipinski definition) is 2.